The van der Waals surface area contributed by atoms with Crippen LogP contribution in [-0.4, -0.2) is 42.7 Å². The molecule has 4 heteroatoms. The second kappa shape index (κ2) is 6.57. The van der Waals surface area contributed by atoms with Gasteiger partial charge < -0.3 is 14.7 Å². The maximum atomic E-state index is 11.6. The van der Waals surface area contributed by atoms with Gasteiger partial charge in [0.2, 0.25) is 0 Å². The zero-order valence-corrected chi connectivity index (χ0v) is 12.4. The van der Waals surface area contributed by atoms with Crippen molar-refractivity contribution in [3.8, 4) is 5.75 Å². The molecule has 1 unspecified atom stereocenters. The van der Waals surface area contributed by atoms with Crippen LogP contribution in [0.4, 0.5) is 0 Å². The molecule has 0 heterocycles. The van der Waals surface area contributed by atoms with E-state index in [1.807, 2.05) is 19.1 Å². The van der Waals surface area contributed by atoms with Gasteiger partial charge in [-0.15, -0.1) is 0 Å². The minimum Gasteiger partial charge on any atom is -0.496 e. The molecule has 106 valence electrons. The summed E-state index contributed by atoms with van der Waals surface area (Å²) in [7, 11) is 3.37. The predicted octanol–water partition coefficient (Wildman–Crippen LogP) is 1.69. The van der Waals surface area contributed by atoms with Crippen LogP contribution in [0.15, 0.2) is 12.1 Å². The van der Waals surface area contributed by atoms with Crippen molar-refractivity contribution in [3.63, 3.8) is 0 Å². The van der Waals surface area contributed by atoms with E-state index in [2.05, 4.69) is 6.92 Å². The molecule has 0 bridgehead atoms. The first-order valence-electron chi connectivity index (χ1n) is 6.44. The van der Waals surface area contributed by atoms with Crippen molar-refractivity contribution in [2.24, 2.45) is 0 Å². The van der Waals surface area contributed by atoms with Gasteiger partial charge in [0, 0.05) is 13.6 Å². The number of carbonyl (C=O) groups is 1. The van der Waals surface area contributed by atoms with Gasteiger partial charge in [0.15, 0.2) is 0 Å². The van der Waals surface area contributed by atoms with Crippen molar-refractivity contribution in [1.29, 1.82) is 0 Å². The molecule has 0 saturated carbocycles. The highest BCUT2D eigenvalue weighted by Crippen LogP contribution is 2.24. The van der Waals surface area contributed by atoms with Gasteiger partial charge in [-0.25, -0.2) is 0 Å². The summed E-state index contributed by atoms with van der Waals surface area (Å²) in [6, 6.07) is 3.98. The van der Waals surface area contributed by atoms with Gasteiger partial charge >= 0.3 is 0 Å². The smallest absolute Gasteiger partial charge is 0.250 e. The predicted molar refractivity (Wildman–Crippen MR) is 75.5 cm³/mol. The molecule has 4 nitrogen and oxygen atoms in total. The SMILES string of the molecule is COc1ccc(CCN(C)C(=O)C(C)O)c(C)c1C. The molecule has 1 aromatic rings. The van der Waals surface area contributed by atoms with Crippen molar-refractivity contribution in [1.82, 2.24) is 4.90 Å². The topological polar surface area (TPSA) is 49.8 Å². The van der Waals surface area contributed by atoms with Gasteiger partial charge in [-0.2, -0.15) is 0 Å². The molecule has 0 saturated heterocycles. The summed E-state index contributed by atoms with van der Waals surface area (Å²) in [6.07, 6.45) is -0.172. The van der Waals surface area contributed by atoms with Crippen LogP contribution in [0, 0.1) is 13.8 Å². The number of aliphatic hydroxyl groups excluding tert-OH is 1. The van der Waals surface area contributed by atoms with Crippen molar-refractivity contribution in [3.05, 3.63) is 28.8 Å². The van der Waals surface area contributed by atoms with Crippen LogP contribution in [0.5, 0.6) is 5.75 Å². The Kier molecular flexibility index (Phi) is 5.36. The van der Waals surface area contributed by atoms with Crippen LogP contribution < -0.4 is 4.74 Å². The number of benzene rings is 1. The number of nitrogens with zero attached hydrogens (tertiary/aromatic N) is 1. The molecule has 0 spiro atoms. The number of methoxy groups -OCH3 is 1. The molecule has 0 aliphatic carbocycles. The fraction of sp³-hybridized carbons (Fsp3) is 0.533. The third-order valence-electron chi connectivity index (χ3n) is 3.52. The monoisotopic (exact) mass is 265 g/mol. The quantitative estimate of drug-likeness (QED) is 0.881. The third kappa shape index (κ3) is 3.70. The van der Waals surface area contributed by atoms with Crippen molar-refractivity contribution in [2.75, 3.05) is 20.7 Å². The Morgan fingerprint density at radius 1 is 1.37 bits per heavy atom. The molecule has 1 amide bonds. The molecule has 0 radical (unpaired) electrons. The Labute approximate surface area is 115 Å². The lowest BCUT2D eigenvalue weighted by atomic mass is 10.00. The van der Waals surface area contributed by atoms with E-state index in [4.69, 9.17) is 4.74 Å². The second-order valence-corrected chi connectivity index (χ2v) is 4.86. The van der Waals surface area contributed by atoms with Crippen LogP contribution in [0.25, 0.3) is 0 Å². The summed E-state index contributed by atoms with van der Waals surface area (Å²) in [5.41, 5.74) is 3.52. The summed E-state index contributed by atoms with van der Waals surface area (Å²) in [4.78, 5) is 13.1. The maximum absolute atomic E-state index is 11.6. The highest BCUT2D eigenvalue weighted by Gasteiger charge is 2.15. The standard InChI is InChI=1S/C15H23NO3/c1-10-11(2)14(19-5)7-6-13(10)8-9-16(4)15(18)12(3)17/h6-7,12,17H,8-9H2,1-5H3. The van der Waals surface area contributed by atoms with Crippen molar-refractivity contribution >= 4 is 5.91 Å². The summed E-state index contributed by atoms with van der Waals surface area (Å²) in [6.45, 7) is 6.17. The Morgan fingerprint density at radius 3 is 2.53 bits per heavy atom. The van der Waals surface area contributed by atoms with E-state index in [-0.39, 0.29) is 5.91 Å². The molecule has 19 heavy (non-hydrogen) atoms. The van der Waals surface area contributed by atoms with E-state index in [1.54, 1.807) is 19.1 Å². The molecule has 1 atom stereocenters. The lowest BCUT2D eigenvalue weighted by Gasteiger charge is -2.20. The van der Waals surface area contributed by atoms with Crippen LogP contribution in [0.2, 0.25) is 0 Å². The lowest BCUT2D eigenvalue weighted by Crippen LogP contribution is -2.36. The third-order valence-corrected chi connectivity index (χ3v) is 3.52. The van der Waals surface area contributed by atoms with E-state index in [0.29, 0.717) is 6.54 Å². The first-order chi connectivity index (χ1) is 8.88. The summed E-state index contributed by atoms with van der Waals surface area (Å²) >= 11 is 0. The molecule has 1 rings (SSSR count). The van der Waals surface area contributed by atoms with Crippen molar-refractivity contribution in [2.45, 2.75) is 33.3 Å². The van der Waals surface area contributed by atoms with Crippen LogP contribution in [0.1, 0.15) is 23.6 Å². The molecule has 0 aliphatic heterocycles. The van der Waals surface area contributed by atoms with Crippen molar-refractivity contribution < 1.29 is 14.6 Å². The van der Waals surface area contributed by atoms with Gasteiger partial charge in [-0.05, 0) is 49.9 Å². The van der Waals surface area contributed by atoms with Gasteiger partial charge in [0.1, 0.15) is 11.9 Å². The Morgan fingerprint density at radius 2 is 2.00 bits per heavy atom. The first kappa shape index (κ1) is 15.5. The second-order valence-electron chi connectivity index (χ2n) is 4.86. The summed E-state index contributed by atoms with van der Waals surface area (Å²) in [5, 5.41) is 9.25. The number of likely N-dealkylation sites (N-methyl/N-ethyl adjacent to an activating group) is 1. The number of hydrogen-bond acceptors (Lipinski definition) is 3. The summed E-state index contributed by atoms with van der Waals surface area (Å²) in [5.74, 6) is 0.637. The first-order valence-corrected chi connectivity index (χ1v) is 6.44. The number of aliphatic hydroxyl groups is 1. The van der Waals surface area contributed by atoms with Crippen LogP contribution in [-0.2, 0) is 11.2 Å². The van der Waals surface area contributed by atoms with Gasteiger partial charge in [0.05, 0.1) is 7.11 Å². The molecule has 1 aromatic carbocycles. The highest BCUT2D eigenvalue weighted by molar-refractivity contribution is 5.79. The number of hydrogen-bond donors (Lipinski definition) is 1. The molecule has 1 N–H and O–H groups in total. The van der Waals surface area contributed by atoms with Crippen LogP contribution in [0.3, 0.4) is 0 Å². The minimum atomic E-state index is -0.941. The fourth-order valence-electron chi connectivity index (χ4n) is 2.06. The van der Waals surface area contributed by atoms with Gasteiger partial charge in [0.25, 0.3) is 5.91 Å². The number of amides is 1. The lowest BCUT2D eigenvalue weighted by molar-refractivity contribution is -0.137. The van der Waals surface area contributed by atoms with E-state index in [9.17, 15) is 9.90 Å². The number of ether oxygens (including phenoxy) is 1. The Balaban J connectivity index is 2.74. The average molecular weight is 265 g/mol. The minimum absolute atomic E-state index is 0.247. The number of carbonyl (C=O) groups excluding carboxylic acids is 1. The van der Waals surface area contributed by atoms with Gasteiger partial charge in [-0.1, -0.05) is 6.07 Å². The highest BCUT2D eigenvalue weighted by atomic mass is 16.5. The van der Waals surface area contributed by atoms with E-state index < -0.39 is 6.10 Å². The average Bonchev–Trinajstić information content (AvgIpc) is 2.39. The zero-order valence-electron chi connectivity index (χ0n) is 12.4. The van der Waals surface area contributed by atoms with E-state index in [0.717, 1.165) is 17.7 Å². The normalized spacial score (nSPS) is 12.1. The fourth-order valence-corrected chi connectivity index (χ4v) is 2.06. The van der Waals surface area contributed by atoms with E-state index >= 15 is 0 Å². The number of rotatable bonds is 5. The molecule has 0 fully saturated rings. The van der Waals surface area contributed by atoms with Crippen LogP contribution >= 0.6 is 0 Å². The largest absolute Gasteiger partial charge is 0.496 e. The molecular formula is C15H23NO3. The Hall–Kier alpha value is -1.55. The molecular weight excluding hydrogens is 242 g/mol. The van der Waals surface area contributed by atoms with Gasteiger partial charge in [-0.3, -0.25) is 4.79 Å². The molecule has 0 aromatic heterocycles. The zero-order chi connectivity index (χ0) is 14.6. The summed E-state index contributed by atoms with van der Waals surface area (Å²) < 4.78 is 5.28. The molecule has 0 aliphatic rings. The Bertz CT molecular complexity index is 455. The van der Waals surface area contributed by atoms with E-state index in [1.165, 1.54) is 18.1 Å². The maximum Gasteiger partial charge on any atom is 0.250 e.